The summed E-state index contributed by atoms with van der Waals surface area (Å²) in [6, 6.07) is -0.240. The second-order valence-corrected chi connectivity index (χ2v) is 6.62. The maximum Gasteiger partial charge on any atom is 0.315 e. The second-order valence-electron chi connectivity index (χ2n) is 4.79. The molecule has 0 aliphatic rings. The van der Waals surface area contributed by atoms with E-state index in [-0.39, 0.29) is 12.1 Å². The molecule has 0 fully saturated rings. The summed E-state index contributed by atoms with van der Waals surface area (Å²) in [6.45, 7) is 6.56. The van der Waals surface area contributed by atoms with Crippen LogP contribution in [-0.2, 0) is 12.8 Å². The van der Waals surface area contributed by atoms with Gasteiger partial charge < -0.3 is 10.6 Å². The first-order valence-electron chi connectivity index (χ1n) is 6.98. The number of aromatic nitrogens is 2. The van der Waals surface area contributed by atoms with Crippen molar-refractivity contribution in [2.45, 2.75) is 39.7 Å². The minimum Gasteiger partial charge on any atom is -0.338 e. The third-order valence-electron chi connectivity index (χ3n) is 2.92. The van der Waals surface area contributed by atoms with Crippen LogP contribution < -0.4 is 10.6 Å². The molecule has 0 aliphatic heterocycles. The topological polar surface area (TPSA) is 66.9 Å². The molecule has 0 radical (unpaired) electrons. The van der Waals surface area contributed by atoms with Crippen molar-refractivity contribution in [3.63, 3.8) is 0 Å². The maximum absolute atomic E-state index is 11.8. The Morgan fingerprint density at radius 3 is 2.76 bits per heavy atom. The van der Waals surface area contributed by atoms with E-state index in [1.54, 1.807) is 22.7 Å². The minimum absolute atomic E-state index is 0.0744. The van der Waals surface area contributed by atoms with Gasteiger partial charge in [0.1, 0.15) is 5.01 Å². The summed E-state index contributed by atoms with van der Waals surface area (Å²) < 4.78 is 0. The van der Waals surface area contributed by atoms with Gasteiger partial charge in [-0.15, -0.1) is 22.7 Å². The molecule has 1 unspecified atom stereocenters. The molecule has 2 rings (SSSR count). The van der Waals surface area contributed by atoms with Crippen LogP contribution in [0.25, 0.3) is 0 Å². The van der Waals surface area contributed by atoms with E-state index >= 15 is 0 Å². The molecule has 7 heteroatoms. The fourth-order valence-corrected chi connectivity index (χ4v) is 3.39. The first-order valence-corrected chi connectivity index (χ1v) is 8.74. The molecule has 0 saturated heterocycles. The number of carbonyl (C=O) groups excluding carboxylic acids is 1. The lowest BCUT2D eigenvalue weighted by atomic mass is 10.3. The lowest BCUT2D eigenvalue weighted by Gasteiger charge is -2.12. The zero-order valence-electron chi connectivity index (χ0n) is 12.5. The molecule has 0 saturated carbocycles. The Hall–Kier alpha value is -1.47. The van der Waals surface area contributed by atoms with Crippen molar-refractivity contribution in [1.82, 2.24) is 20.6 Å². The van der Waals surface area contributed by atoms with Crippen LogP contribution in [0.15, 0.2) is 10.8 Å². The van der Waals surface area contributed by atoms with E-state index in [2.05, 4.69) is 32.9 Å². The highest BCUT2D eigenvalue weighted by atomic mass is 32.1. The summed E-state index contributed by atoms with van der Waals surface area (Å²) in [4.78, 5) is 20.7. The molecular formula is C14H20N4OS2. The fourth-order valence-electron chi connectivity index (χ4n) is 1.81. The third kappa shape index (κ3) is 4.78. The maximum atomic E-state index is 11.8. The van der Waals surface area contributed by atoms with Gasteiger partial charge in [0.2, 0.25) is 0 Å². The highest BCUT2D eigenvalue weighted by Crippen LogP contribution is 2.17. The number of hydrogen-bond acceptors (Lipinski definition) is 5. The molecule has 2 heterocycles. The molecule has 2 N–H and O–H groups in total. The Morgan fingerprint density at radius 1 is 1.33 bits per heavy atom. The molecule has 2 aromatic rings. The quantitative estimate of drug-likeness (QED) is 0.858. The Labute approximate surface area is 132 Å². The summed E-state index contributed by atoms with van der Waals surface area (Å²) in [6.07, 6.45) is 1.72. The summed E-state index contributed by atoms with van der Waals surface area (Å²) in [5.41, 5.74) is 2.03. The van der Waals surface area contributed by atoms with Crippen molar-refractivity contribution in [3.8, 4) is 0 Å². The van der Waals surface area contributed by atoms with Gasteiger partial charge in [-0.2, -0.15) is 0 Å². The average Bonchev–Trinajstić information content (AvgIpc) is 3.07. The molecule has 2 amide bonds. The van der Waals surface area contributed by atoms with Crippen LogP contribution in [0.2, 0.25) is 0 Å². The highest BCUT2D eigenvalue weighted by molar-refractivity contribution is 7.10. The van der Waals surface area contributed by atoms with E-state index in [1.165, 1.54) is 0 Å². The highest BCUT2D eigenvalue weighted by Gasteiger charge is 2.12. The van der Waals surface area contributed by atoms with Crippen LogP contribution in [0.5, 0.6) is 0 Å². The predicted octanol–water partition coefficient (Wildman–Crippen LogP) is 3.07. The van der Waals surface area contributed by atoms with E-state index < -0.39 is 0 Å². The van der Waals surface area contributed by atoms with E-state index in [4.69, 9.17) is 0 Å². The van der Waals surface area contributed by atoms with Crippen LogP contribution in [0, 0.1) is 6.92 Å². The van der Waals surface area contributed by atoms with Crippen LogP contribution in [0.1, 0.15) is 41.3 Å². The minimum atomic E-state index is -0.165. The zero-order valence-corrected chi connectivity index (χ0v) is 14.1. The number of nitrogens with zero attached hydrogens (tertiary/aromatic N) is 2. The van der Waals surface area contributed by atoms with Gasteiger partial charge in [-0.3, -0.25) is 0 Å². The van der Waals surface area contributed by atoms with Crippen LogP contribution in [0.4, 0.5) is 4.79 Å². The number of thiazole rings is 2. The van der Waals surface area contributed by atoms with Gasteiger partial charge in [0.15, 0.2) is 0 Å². The van der Waals surface area contributed by atoms with E-state index in [0.717, 1.165) is 34.2 Å². The number of aryl methyl sites for hydroxylation is 2. The van der Waals surface area contributed by atoms with E-state index in [0.29, 0.717) is 6.54 Å². The standard InChI is InChI=1S/C14H20N4OS2/c1-4-12-18-11(8-20-12)5-6-15-14(19)17-10(3)13-16-9(2)7-21-13/h7-8,10H,4-6H2,1-3H3,(H2,15,17,19). The van der Waals surface area contributed by atoms with Gasteiger partial charge in [0.25, 0.3) is 0 Å². The first kappa shape index (κ1) is 15.9. The molecule has 2 aromatic heterocycles. The van der Waals surface area contributed by atoms with Gasteiger partial charge in [-0.05, 0) is 20.3 Å². The van der Waals surface area contributed by atoms with E-state index in [9.17, 15) is 4.79 Å². The number of carbonyl (C=O) groups is 1. The van der Waals surface area contributed by atoms with Crippen LogP contribution in [-0.4, -0.2) is 22.5 Å². The molecule has 5 nitrogen and oxygen atoms in total. The molecule has 21 heavy (non-hydrogen) atoms. The number of amides is 2. The van der Waals surface area contributed by atoms with Crippen LogP contribution >= 0.6 is 22.7 Å². The summed E-state index contributed by atoms with van der Waals surface area (Å²) in [5.74, 6) is 0. The SMILES string of the molecule is CCc1nc(CCNC(=O)NC(C)c2nc(C)cs2)cs1. The average molecular weight is 324 g/mol. The smallest absolute Gasteiger partial charge is 0.315 e. The lowest BCUT2D eigenvalue weighted by molar-refractivity contribution is 0.238. The van der Waals surface area contributed by atoms with Crippen molar-refractivity contribution in [3.05, 3.63) is 32.2 Å². The number of rotatable bonds is 6. The molecule has 0 spiro atoms. The number of hydrogen-bond donors (Lipinski definition) is 2. The summed E-state index contributed by atoms with van der Waals surface area (Å²) in [5, 5.41) is 11.9. The molecule has 1 atom stereocenters. The Balaban J connectivity index is 1.72. The third-order valence-corrected chi connectivity index (χ3v) is 5.11. The second kappa shape index (κ2) is 7.51. The molecule has 0 aliphatic carbocycles. The molecule has 0 bridgehead atoms. The first-order chi connectivity index (χ1) is 10.1. The Bertz CT molecular complexity index is 593. The van der Waals surface area contributed by atoms with Gasteiger partial charge in [0, 0.05) is 29.4 Å². The largest absolute Gasteiger partial charge is 0.338 e. The van der Waals surface area contributed by atoms with Gasteiger partial charge in [0.05, 0.1) is 16.7 Å². The van der Waals surface area contributed by atoms with Gasteiger partial charge in [-0.25, -0.2) is 14.8 Å². The van der Waals surface area contributed by atoms with Crippen LogP contribution in [0.3, 0.4) is 0 Å². The van der Waals surface area contributed by atoms with Crippen molar-refractivity contribution in [2.24, 2.45) is 0 Å². The van der Waals surface area contributed by atoms with Crippen molar-refractivity contribution in [2.75, 3.05) is 6.54 Å². The molecule has 0 aromatic carbocycles. The monoisotopic (exact) mass is 324 g/mol. The number of nitrogens with one attached hydrogen (secondary N) is 2. The van der Waals surface area contributed by atoms with Crippen molar-refractivity contribution < 1.29 is 4.79 Å². The van der Waals surface area contributed by atoms with Gasteiger partial charge in [-0.1, -0.05) is 6.92 Å². The summed E-state index contributed by atoms with van der Waals surface area (Å²) >= 11 is 3.24. The molecular weight excluding hydrogens is 304 g/mol. The van der Waals surface area contributed by atoms with Gasteiger partial charge >= 0.3 is 6.03 Å². The lowest BCUT2D eigenvalue weighted by Crippen LogP contribution is -2.38. The predicted molar refractivity (Wildman–Crippen MR) is 87.0 cm³/mol. The zero-order chi connectivity index (χ0) is 15.2. The fraction of sp³-hybridized carbons (Fsp3) is 0.500. The number of urea groups is 1. The Morgan fingerprint density at radius 2 is 2.14 bits per heavy atom. The van der Waals surface area contributed by atoms with Crippen molar-refractivity contribution >= 4 is 28.7 Å². The Kier molecular flexibility index (Phi) is 5.69. The normalized spacial score (nSPS) is 12.1. The molecule has 114 valence electrons. The van der Waals surface area contributed by atoms with E-state index in [1.807, 2.05) is 19.2 Å². The van der Waals surface area contributed by atoms with Crippen molar-refractivity contribution in [1.29, 1.82) is 0 Å². The summed E-state index contributed by atoms with van der Waals surface area (Å²) in [7, 11) is 0.